The molecule has 2 heteroatoms. The Hall–Kier alpha value is -0.0800. The first-order valence-corrected chi connectivity index (χ1v) is 7.19. The summed E-state index contributed by atoms with van der Waals surface area (Å²) < 4.78 is 0. The van der Waals surface area contributed by atoms with Gasteiger partial charge in [0.05, 0.1) is 6.61 Å². The molecule has 0 amide bonds. The molecule has 2 nitrogen and oxygen atoms in total. The molecule has 0 radical (unpaired) electrons. The van der Waals surface area contributed by atoms with E-state index in [0.29, 0.717) is 6.04 Å². The molecule has 0 rings (SSSR count). The summed E-state index contributed by atoms with van der Waals surface area (Å²) >= 11 is 0. The van der Waals surface area contributed by atoms with Crippen LogP contribution in [0.4, 0.5) is 0 Å². The number of aliphatic hydroxyl groups excluding tert-OH is 1. The maximum absolute atomic E-state index is 9.09. The Labute approximate surface area is 102 Å². The van der Waals surface area contributed by atoms with Gasteiger partial charge in [-0.05, 0) is 13.0 Å². The summed E-state index contributed by atoms with van der Waals surface area (Å²) in [6.45, 7) is 5.60. The van der Waals surface area contributed by atoms with E-state index in [2.05, 4.69) is 19.2 Å². The summed E-state index contributed by atoms with van der Waals surface area (Å²) in [6, 6.07) is 0.324. The molecule has 2 N–H and O–H groups in total. The fourth-order valence-corrected chi connectivity index (χ4v) is 2.07. The van der Waals surface area contributed by atoms with Gasteiger partial charge in [0.15, 0.2) is 0 Å². The number of unbranched alkanes of at least 4 members (excludes halogenated alkanes) is 7. The Bertz CT molecular complexity index is 128. The Balaban J connectivity index is 3.12. The zero-order valence-corrected chi connectivity index (χ0v) is 11.3. The van der Waals surface area contributed by atoms with Gasteiger partial charge in [-0.3, -0.25) is 0 Å². The number of hydrogen-bond acceptors (Lipinski definition) is 2. The molecule has 0 heterocycles. The van der Waals surface area contributed by atoms with E-state index in [1.165, 1.54) is 51.4 Å². The van der Waals surface area contributed by atoms with Crippen molar-refractivity contribution in [2.75, 3.05) is 13.2 Å². The quantitative estimate of drug-likeness (QED) is 0.502. The molecule has 1 atom stereocenters. The van der Waals surface area contributed by atoms with Gasteiger partial charge in [0.1, 0.15) is 0 Å². The summed E-state index contributed by atoms with van der Waals surface area (Å²) in [4.78, 5) is 0. The lowest BCUT2D eigenvalue weighted by Gasteiger charge is -2.14. The normalized spacial score (nSPS) is 12.9. The molecule has 0 fully saturated rings. The van der Waals surface area contributed by atoms with Gasteiger partial charge in [-0.15, -0.1) is 0 Å². The van der Waals surface area contributed by atoms with Crippen LogP contribution in [0.5, 0.6) is 0 Å². The van der Waals surface area contributed by atoms with Crippen LogP contribution in [0.3, 0.4) is 0 Å². The summed E-state index contributed by atoms with van der Waals surface area (Å²) in [5.41, 5.74) is 0. The second-order valence-electron chi connectivity index (χ2n) is 4.70. The van der Waals surface area contributed by atoms with Crippen molar-refractivity contribution in [1.29, 1.82) is 0 Å². The fraction of sp³-hybridized carbons (Fsp3) is 1.00. The fourth-order valence-electron chi connectivity index (χ4n) is 2.07. The first kappa shape index (κ1) is 15.9. The highest BCUT2D eigenvalue weighted by Crippen LogP contribution is 2.10. The number of aliphatic hydroxyl groups is 1. The van der Waals surface area contributed by atoms with Crippen molar-refractivity contribution in [2.45, 2.75) is 77.7 Å². The molecule has 0 aliphatic carbocycles. The van der Waals surface area contributed by atoms with Crippen molar-refractivity contribution in [3.63, 3.8) is 0 Å². The molecule has 0 aromatic rings. The first-order chi connectivity index (χ1) is 7.85. The van der Waals surface area contributed by atoms with Gasteiger partial charge in [0, 0.05) is 6.04 Å². The van der Waals surface area contributed by atoms with Crippen LogP contribution in [0.25, 0.3) is 0 Å². The van der Waals surface area contributed by atoms with Crippen molar-refractivity contribution in [1.82, 2.24) is 5.32 Å². The molecular formula is C14H31NO. The van der Waals surface area contributed by atoms with Crippen molar-refractivity contribution in [2.24, 2.45) is 0 Å². The Morgan fingerprint density at radius 2 is 1.44 bits per heavy atom. The maximum atomic E-state index is 9.09. The van der Waals surface area contributed by atoms with E-state index >= 15 is 0 Å². The average Bonchev–Trinajstić information content (AvgIpc) is 2.31. The van der Waals surface area contributed by atoms with Gasteiger partial charge < -0.3 is 10.4 Å². The molecule has 1 unspecified atom stereocenters. The minimum absolute atomic E-state index is 0.282. The highest BCUT2D eigenvalue weighted by molar-refractivity contribution is 4.63. The van der Waals surface area contributed by atoms with Gasteiger partial charge in [-0.1, -0.05) is 65.2 Å². The van der Waals surface area contributed by atoms with Crippen LogP contribution in [-0.4, -0.2) is 24.3 Å². The predicted octanol–water partition coefficient (Wildman–Crippen LogP) is 3.49. The van der Waals surface area contributed by atoms with Crippen molar-refractivity contribution in [3.8, 4) is 0 Å². The third-order valence-electron chi connectivity index (χ3n) is 3.12. The maximum Gasteiger partial charge on any atom is 0.0584 e. The average molecular weight is 229 g/mol. The topological polar surface area (TPSA) is 32.3 Å². The molecule has 0 bridgehead atoms. The predicted molar refractivity (Wildman–Crippen MR) is 71.8 cm³/mol. The van der Waals surface area contributed by atoms with Gasteiger partial charge in [0.2, 0.25) is 0 Å². The van der Waals surface area contributed by atoms with Crippen molar-refractivity contribution in [3.05, 3.63) is 0 Å². The molecule has 0 spiro atoms. The van der Waals surface area contributed by atoms with Gasteiger partial charge in [0.25, 0.3) is 0 Å². The summed E-state index contributed by atoms with van der Waals surface area (Å²) in [5.74, 6) is 0. The SMILES string of the molecule is CCCCCCCCCCC(CO)NCC. The van der Waals surface area contributed by atoms with E-state index in [4.69, 9.17) is 5.11 Å². The van der Waals surface area contributed by atoms with Gasteiger partial charge in [-0.25, -0.2) is 0 Å². The number of hydrogen-bond donors (Lipinski definition) is 2. The van der Waals surface area contributed by atoms with E-state index in [0.717, 1.165) is 13.0 Å². The molecule has 0 saturated heterocycles. The zero-order valence-electron chi connectivity index (χ0n) is 11.3. The summed E-state index contributed by atoms with van der Waals surface area (Å²) in [6.07, 6.45) is 12.0. The lowest BCUT2D eigenvalue weighted by molar-refractivity contribution is 0.234. The molecule has 16 heavy (non-hydrogen) atoms. The van der Waals surface area contributed by atoms with Crippen LogP contribution in [-0.2, 0) is 0 Å². The van der Waals surface area contributed by atoms with E-state index in [9.17, 15) is 0 Å². The molecule has 0 aliphatic rings. The van der Waals surface area contributed by atoms with Crippen LogP contribution in [0.15, 0.2) is 0 Å². The largest absolute Gasteiger partial charge is 0.395 e. The second kappa shape index (κ2) is 13.0. The smallest absolute Gasteiger partial charge is 0.0584 e. The molecule has 0 aliphatic heterocycles. The molecule has 0 aromatic carbocycles. The second-order valence-corrected chi connectivity index (χ2v) is 4.70. The minimum Gasteiger partial charge on any atom is -0.395 e. The Morgan fingerprint density at radius 3 is 1.94 bits per heavy atom. The van der Waals surface area contributed by atoms with E-state index < -0.39 is 0 Å². The third kappa shape index (κ3) is 10.4. The van der Waals surface area contributed by atoms with Crippen LogP contribution in [0, 0.1) is 0 Å². The van der Waals surface area contributed by atoms with Crippen LogP contribution >= 0.6 is 0 Å². The third-order valence-corrected chi connectivity index (χ3v) is 3.12. The highest BCUT2D eigenvalue weighted by atomic mass is 16.3. The van der Waals surface area contributed by atoms with E-state index in [-0.39, 0.29) is 6.61 Å². The monoisotopic (exact) mass is 229 g/mol. The summed E-state index contributed by atoms with van der Waals surface area (Å²) in [7, 11) is 0. The summed E-state index contributed by atoms with van der Waals surface area (Å²) in [5, 5.41) is 12.4. The molecular weight excluding hydrogens is 198 g/mol. The van der Waals surface area contributed by atoms with Crippen LogP contribution in [0.2, 0.25) is 0 Å². The number of nitrogens with one attached hydrogen (secondary N) is 1. The Morgan fingerprint density at radius 1 is 0.875 bits per heavy atom. The lowest BCUT2D eigenvalue weighted by atomic mass is 10.0. The highest BCUT2D eigenvalue weighted by Gasteiger charge is 2.03. The standard InChI is InChI=1S/C14H31NO/c1-3-5-6-7-8-9-10-11-12-14(13-16)15-4-2/h14-16H,3-13H2,1-2H3. The molecule has 0 saturated carbocycles. The van der Waals surface area contributed by atoms with E-state index in [1.807, 2.05) is 0 Å². The lowest BCUT2D eigenvalue weighted by Crippen LogP contribution is -2.32. The molecule has 0 aromatic heterocycles. The van der Waals surface area contributed by atoms with E-state index in [1.54, 1.807) is 0 Å². The number of likely N-dealkylation sites (N-methyl/N-ethyl adjacent to an activating group) is 1. The van der Waals surface area contributed by atoms with Crippen molar-refractivity contribution >= 4 is 0 Å². The van der Waals surface area contributed by atoms with Gasteiger partial charge >= 0.3 is 0 Å². The number of rotatable bonds is 12. The van der Waals surface area contributed by atoms with Crippen LogP contribution < -0.4 is 5.32 Å². The molecule has 98 valence electrons. The Kier molecular flexibility index (Phi) is 12.9. The van der Waals surface area contributed by atoms with Gasteiger partial charge in [-0.2, -0.15) is 0 Å². The zero-order chi connectivity index (χ0) is 12.1. The first-order valence-electron chi connectivity index (χ1n) is 7.19. The van der Waals surface area contributed by atoms with Crippen molar-refractivity contribution < 1.29 is 5.11 Å². The van der Waals surface area contributed by atoms with Crippen LogP contribution in [0.1, 0.15) is 71.6 Å². The minimum atomic E-state index is 0.282.